The number of benzene rings is 2. The molecule has 8 heterocycles. The largest absolute Gasteiger partial charge is 0.444 e. The number of nitriles is 2. The van der Waals surface area contributed by atoms with E-state index in [1.807, 2.05) is 136 Å². The lowest BCUT2D eigenvalue weighted by Gasteiger charge is -2.31. The van der Waals surface area contributed by atoms with E-state index in [0.29, 0.717) is 65.3 Å². The molecule has 516 valence electrons. The molecule has 6 aromatic rings. The molecular weight excluding hydrogens is 1280 g/mol. The van der Waals surface area contributed by atoms with Crippen molar-refractivity contribution in [3.63, 3.8) is 0 Å². The number of carbonyl (C=O) groups excluding carboxylic acids is 6. The smallest absolute Gasteiger partial charge is 0.410 e. The number of rotatable bonds is 10. The van der Waals surface area contributed by atoms with Gasteiger partial charge in [-0.2, -0.15) is 10.5 Å². The summed E-state index contributed by atoms with van der Waals surface area (Å²) >= 11 is 5.99. The number of nitrogen functional groups attached to an aromatic ring is 1. The molecule has 4 saturated heterocycles. The van der Waals surface area contributed by atoms with Crippen molar-refractivity contribution in [2.75, 3.05) is 62.1 Å². The summed E-state index contributed by atoms with van der Waals surface area (Å²) in [4.78, 5) is 114. The van der Waals surface area contributed by atoms with E-state index in [1.54, 1.807) is 101 Å². The van der Waals surface area contributed by atoms with Crippen LogP contribution in [0.2, 0.25) is 5.28 Å². The maximum Gasteiger partial charge on any atom is 0.410 e. The molecule has 12 rings (SSSR count). The highest BCUT2D eigenvalue weighted by molar-refractivity contribution is 6.28. The van der Waals surface area contributed by atoms with Gasteiger partial charge < -0.3 is 40.1 Å². The standard InChI is InChI=1S/C37H42N8O4.C20H19ClN4O.C17H24N4O3/c1-36(2,3)49-35(48)45-25-12-13-27(45)20-44(30(46)17-25)26-14-15-29(39-19-26)41-34-40-18-23-16-28(33(47)43(6)7)31(32(23)42-34)22-8-10-24(11-9-22)37(4,5)21-38;1-20(2,11-22)14-7-5-12(6-8-14)16-15(18(26)25(3)4)9-13-10-23-19(21)24-17(13)16;1-17(2,3)24-16(23)21-11-4-5-13(21)10-20(15(22)8-11)12-6-7-14(18)19-9-12/h8-11,14-16,18-19,25,27,31H,12-13,17,20H2,1-7H3,(H,39,40,41,42);5-10,16H,1-4H3;6-7,9,11,13H,4-5,8,10H2,1-3H3,(H2,18,19). The minimum absolute atomic E-state index is 0.00216. The number of pyridine rings is 2. The van der Waals surface area contributed by atoms with Crippen LogP contribution in [0.15, 0.2) is 109 Å². The van der Waals surface area contributed by atoms with Gasteiger partial charge in [0.2, 0.25) is 34.9 Å². The Morgan fingerprint density at radius 1 is 0.556 bits per heavy atom. The minimum Gasteiger partial charge on any atom is -0.444 e. The van der Waals surface area contributed by atoms with Gasteiger partial charge in [0, 0.05) is 101 Å². The van der Waals surface area contributed by atoms with Gasteiger partial charge in [-0.1, -0.05) is 48.5 Å². The number of halogens is 1. The maximum atomic E-state index is 13.3. The monoisotopic (exact) mass is 1360 g/mol. The predicted molar refractivity (Wildman–Crippen MR) is 376 cm³/mol. The molecule has 2 aliphatic carbocycles. The van der Waals surface area contributed by atoms with Crippen LogP contribution in [0.4, 0.5) is 38.5 Å². The van der Waals surface area contributed by atoms with Gasteiger partial charge in [-0.15, -0.1) is 0 Å². The van der Waals surface area contributed by atoms with Crippen LogP contribution in [-0.2, 0) is 39.5 Å². The molecule has 2 aromatic carbocycles. The number of amides is 6. The summed E-state index contributed by atoms with van der Waals surface area (Å²) in [5.41, 5.74) is 12.4. The summed E-state index contributed by atoms with van der Waals surface area (Å²) < 4.78 is 11.2. The molecule has 3 N–H and O–H groups in total. The molecule has 24 nitrogen and oxygen atoms in total. The topological polar surface area (TPSA) is 303 Å². The number of aromatic nitrogens is 6. The lowest BCUT2D eigenvalue weighted by molar-refractivity contribution is -0.125. The Morgan fingerprint density at radius 2 is 0.970 bits per heavy atom. The normalized spacial score (nSPS) is 20.0. The molecular formula is C74H85ClN16O8. The third kappa shape index (κ3) is 15.8. The Labute approximate surface area is 582 Å². The quantitative estimate of drug-likeness (QED) is 0.120. The zero-order valence-corrected chi connectivity index (χ0v) is 59.3. The summed E-state index contributed by atoms with van der Waals surface area (Å²) in [5, 5.41) is 22.3. The van der Waals surface area contributed by atoms with E-state index in [0.717, 1.165) is 64.8 Å². The number of ether oxygens (including phenoxy) is 2. The van der Waals surface area contributed by atoms with Crippen molar-refractivity contribution in [2.45, 2.75) is 166 Å². The lowest BCUT2D eigenvalue weighted by atomic mass is 9.84. The van der Waals surface area contributed by atoms with Gasteiger partial charge in [0.15, 0.2) is 0 Å². The van der Waals surface area contributed by atoms with Crippen molar-refractivity contribution in [2.24, 2.45) is 0 Å². The first kappa shape index (κ1) is 71.4. The van der Waals surface area contributed by atoms with Crippen molar-refractivity contribution in [1.29, 1.82) is 10.5 Å². The molecule has 6 atom stereocenters. The number of hydrogen-bond acceptors (Lipinski definition) is 18. The fourth-order valence-electron chi connectivity index (χ4n) is 13.1. The highest BCUT2D eigenvalue weighted by atomic mass is 35.5. The molecule has 0 radical (unpaired) electrons. The van der Waals surface area contributed by atoms with E-state index in [1.165, 1.54) is 0 Å². The van der Waals surface area contributed by atoms with Crippen LogP contribution in [0, 0.1) is 22.7 Å². The maximum absolute atomic E-state index is 13.3. The van der Waals surface area contributed by atoms with E-state index in [4.69, 9.17) is 31.8 Å². The molecule has 25 heteroatoms. The molecule has 6 unspecified atom stereocenters. The van der Waals surface area contributed by atoms with Crippen LogP contribution < -0.4 is 20.9 Å². The van der Waals surface area contributed by atoms with Crippen molar-refractivity contribution in [1.82, 2.24) is 49.5 Å². The molecule has 4 bridgehead atoms. The predicted octanol–water partition coefficient (Wildman–Crippen LogP) is 11.3. The first-order valence-electron chi connectivity index (χ1n) is 33.0. The molecule has 4 aromatic heterocycles. The highest BCUT2D eigenvalue weighted by Gasteiger charge is 2.47. The lowest BCUT2D eigenvalue weighted by Crippen LogP contribution is -2.45. The summed E-state index contributed by atoms with van der Waals surface area (Å²) in [6, 6.07) is 26.7. The zero-order chi connectivity index (χ0) is 71.8. The summed E-state index contributed by atoms with van der Waals surface area (Å²) in [7, 11) is 6.88. The fourth-order valence-corrected chi connectivity index (χ4v) is 13.3. The Balaban J connectivity index is 0.000000178. The van der Waals surface area contributed by atoms with Gasteiger partial charge in [-0.05, 0) is 165 Å². The SMILES string of the molecule is CC(C)(C)OC(=O)N1C2CCC1CN(c1ccc(N)nc1)C(=O)C2.CN(C)C(=O)C1=Cc2cnc(Cl)nc2C1c1ccc(C(C)(C)C#N)cc1.CN(C)C(=O)C1=Cc2cnc(Nc3ccc(N4CC5CCC(CC4=O)N5C(=O)OC(C)(C)C)cn3)nc2C1c1ccc(C(C)(C)C#N)cc1. The van der Waals surface area contributed by atoms with E-state index < -0.39 is 27.9 Å². The first-order chi connectivity index (χ1) is 46.6. The number of nitrogens with one attached hydrogen (secondary N) is 1. The molecule has 0 saturated carbocycles. The molecule has 6 amide bonds. The van der Waals surface area contributed by atoms with Gasteiger partial charge in [0.1, 0.15) is 22.8 Å². The van der Waals surface area contributed by atoms with E-state index >= 15 is 0 Å². The third-order valence-corrected chi connectivity index (χ3v) is 18.5. The number of likely N-dealkylation sites (N-methyl/N-ethyl adjacent to an activating group) is 2. The van der Waals surface area contributed by atoms with E-state index in [9.17, 15) is 39.3 Å². The van der Waals surface area contributed by atoms with Gasteiger partial charge in [-0.3, -0.25) is 29.0 Å². The Kier molecular flexibility index (Phi) is 20.4. The fraction of sp³-hybridized carbons (Fsp3) is 0.432. The average molecular weight is 1360 g/mol. The number of fused-ring (bicyclic) bond motifs is 6. The third-order valence-electron chi connectivity index (χ3n) is 18.3. The number of nitrogens with two attached hydrogens (primary N) is 1. The van der Waals surface area contributed by atoms with Crippen molar-refractivity contribution in [3.05, 3.63) is 159 Å². The van der Waals surface area contributed by atoms with Crippen molar-refractivity contribution in [3.8, 4) is 12.1 Å². The second kappa shape index (κ2) is 28.3. The minimum atomic E-state index is -0.646. The van der Waals surface area contributed by atoms with Crippen LogP contribution in [0.3, 0.4) is 0 Å². The Morgan fingerprint density at radius 3 is 1.36 bits per heavy atom. The van der Waals surface area contributed by atoms with E-state index in [-0.39, 0.29) is 77.6 Å². The van der Waals surface area contributed by atoms with Gasteiger partial charge >= 0.3 is 12.2 Å². The van der Waals surface area contributed by atoms with Crippen LogP contribution in [0.5, 0.6) is 0 Å². The second-order valence-corrected chi connectivity index (χ2v) is 29.5. The zero-order valence-electron chi connectivity index (χ0n) is 58.5. The van der Waals surface area contributed by atoms with E-state index in [2.05, 4.69) is 42.4 Å². The van der Waals surface area contributed by atoms with Gasteiger partial charge in [0.25, 0.3) is 0 Å². The second-order valence-electron chi connectivity index (χ2n) is 29.1. The number of carbonyl (C=O) groups is 6. The molecule has 4 fully saturated rings. The summed E-state index contributed by atoms with van der Waals surface area (Å²) in [5.74, 6) is 0.225. The van der Waals surface area contributed by atoms with Crippen molar-refractivity contribution < 1.29 is 38.2 Å². The number of hydrogen-bond donors (Lipinski definition) is 2. The van der Waals surface area contributed by atoms with Crippen LogP contribution in [0.25, 0.3) is 12.2 Å². The van der Waals surface area contributed by atoms with Gasteiger partial charge in [-0.25, -0.2) is 39.5 Å². The van der Waals surface area contributed by atoms with Gasteiger partial charge in [0.05, 0.1) is 82.0 Å². The van der Waals surface area contributed by atoms with Crippen LogP contribution >= 0.6 is 11.6 Å². The number of anilines is 5. The molecule has 99 heavy (non-hydrogen) atoms. The summed E-state index contributed by atoms with van der Waals surface area (Å²) in [6.07, 6.45) is 13.3. The molecule has 4 aliphatic heterocycles. The van der Waals surface area contributed by atoms with Crippen LogP contribution in [0.1, 0.15) is 164 Å². The molecule has 0 spiro atoms. The Bertz CT molecular complexity index is 4240. The van der Waals surface area contributed by atoms with Crippen molar-refractivity contribution >= 4 is 88.5 Å². The summed E-state index contributed by atoms with van der Waals surface area (Å²) in [6.45, 7) is 19.4. The highest BCUT2D eigenvalue weighted by Crippen LogP contribution is 2.44. The number of nitrogens with zero attached hydrogens (tertiary/aromatic N) is 14. The Hall–Kier alpha value is -10.3. The average Bonchev–Trinajstić information content (AvgIpc) is 1.64. The van der Waals surface area contributed by atoms with Crippen LogP contribution in [-0.4, -0.2) is 162 Å². The molecule has 6 aliphatic rings. The first-order valence-corrected chi connectivity index (χ1v) is 33.4.